The molecule has 0 bridgehead atoms. The van der Waals surface area contributed by atoms with E-state index in [4.69, 9.17) is 13.7 Å². The first-order valence-electron chi connectivity index (χ1n) is 8.75. The van der Waals surface area contributed by atoms with Crippen LogP contribution >= 0.6 is 0 Å². The Morgan fingerprint density at radius 3 is 1.36 bits per heavy atom. The van der Waals surface area contributed by atoms with Crippen LogP contribution in [0.1, 0.15) is 24.8 Å². The highest BCUT2D eigenvalue weighted by atomic mass is 13.9. The Kier molecular flexibility index (Phi) is 0.842. The molecule has 0 atom stereocenters. The number of hydrogen-bond acceptors (Lipinski definition) is 0. The van der Waals surface area contributed by atoms with Gasteiger partial charge in [-0.15, -0.1) is 0 Å². The molecule has 0 heterocycles. The normalized spacial score (nSPS) is 18.9. The molecule has 0 aliphatic heterocycles. The molecule has 0 unspecified atom stereocenters. The maximum atomic E-state index is 7.75. The molecule has 0 saturated carbocycles. The van der Waals surface area contributed by atoms with Gasteiger partial charge in [0, 0.05) is 11.1 Å². The van der Waals surface area contributed by atoms with Crippen LogP contribution in [0.25, 0.3) is 0 Å². The van der Waals surface area contributed by atoms with Crippen LogP contribution < -0.4 is 0 Å². The van der Waals surface area contributed by atoms with Crippen molar-refractivity contribution in [1.29, 1.82) is 0 Å². The van der Waals surface area contributed by atoms with Gasteiger partial charge in [-0.05, 0) is 24.2 Å². The molecule has 0 heteroatoms. The van der Waals surface area contributed by atoms with Gasteiger partial charge >= 0.3 is 0 Å². The Morgan fingerprint density at radius 1 is 0.643 bits per heavy atom. The number of benzene rings is 2. The molecule has 0 spiro atoms. The Balaban J connectivity index is 2.74. The fourth-order valence-electron chi connectivity index (χ4n) is 0.750. The maximum absolute atomic E-state index is 7.75. The highest BCUT2D eigenvalue weighted by molar-refractivity contribution is 5.42. The Morgan fingerprint density at radius 2 is 1.00 bits per heavy atom. The first-order valence-corrected chi connectivity index (χ1v) is 3.75. The first-order chi connectivity index (χ1) is 11.1. The lowest BCUT2D eigenvalue weighted by atomic mass is 10.2. The minimum atomic E-state index is -0.557. The van der Waals surface area contributed by atoms with Crippen molar-refractivity contribution in [3.8, 4) is 11.8 Å². The molecule has 2 aromatic rings. The first kappa shape index (κ1) is 2.74. The molecular weight excluding hydrogens is 168 g/mol. The molecule has 2 aromatic carbocycles. The summed E-state index contributed by atoms with van der Waals surface area (Å²) in [6.07, 6.45) is 0. The zero-order valence-electron chi connectivity index (χ0n) is 17.0. The third kappa shape index (κ3) is 2.24. The molecule has 0 amide bonds. The average molecular weight is 188 g/mol. The van der Waals surface area contributed by atoms with E-state index >= 15 is 0 Å². The molecule has 0 aromatic heterocycles. The Labute approximate surface area is 98.3 Å². The van der Waals surface area contributed by atoms with E-state index in [1.807, 2.05) is 0 Å². The zero-order valence-corrected chi connectivity index (χ0v) is 7.00. The van der Waals surface area contributed by atoms with Gasteiger partial charge in [0.1, 0.15) is 0 Å². The van der Waals surface area contributed by atoms with Crippen LogP contribution in [-0.2, 0) is 0 Å². The summed E-state index contributed by atoms with van der Waals surface area (Å²) in [5, 5.41) is 0. The lowest BCUT2D eigenvalue weighted by Gasteiger charge is -1.88. The van der Waals surface area contributed by atoms with Crippen LogP contribution in [0.3, 0.4) is 0 Å². The van der Waals surface area contributed by atoms with Gasteiger partial charge in [0.15, 0.2) is 0 Å². The van der Waals surface area contributed by atoms with Gasteiger partial charge in [-0.2, -0.15) is 0 Å². The van der Waals surface area contributed by atoms with Crippen LogP contribution in [0.2, 0.25) is 0 Å². The van der Waals surface area contributed by atoms with Crippen molar-refractivity contribution in [1.82, 2.24) is 0 Å². The lowest BCUT2D eigenvalue weighted by molar-refractivity contribution is 1.62. The maximum Gasteiger partial charge on any atom is 0.0636 e. The summed E-state index contributed by atoms with van der Waals surface area (Å²) in [6.45, 7) is 0. The summed E-state index contributed by atoms with van der Waals surface area (Å²) in [4.78, 5) is 0. The molecule has 0 fully saturated rings. The van der Waals surface area contributed by atoms with Gasteiger partial charge in [-0.1, -0.05) is 48.1 Å². The Bertz CT molecular complexity index is 788. The summed E-state index contributed by atoms with van der Waals surface area (Å²) >= 11 is 0. The molecule has 0 aliphatic carbocycles. The van der Waals surface area contributed by atoms with Gasteiger partial charge in [0.2, 0.25) is 0 Å². The van der Waals surface area contributed by atoms with E-state index in [-0.39, 0.29) is 11.1 Å². The average Bonchev–Trinajstić information content (AvgIpc) is 2.57. The van der Waals surface area contributed by atoms with Crippen molar-refractivity contribution in [3.63, 3.8) is 0 Å². The van der Waals surface area contributed by atoms with E-state index < -0.39 is 60.4 Å². The molecule has 2 rings (SSSR count). The number of rotatable bonds is 0. The SMILES string of the molecule is [2H]c1c([2H])c([2H])c(C#Cc2c([2H])c([2H])c([2H])c([2H])c2[2H])c([2H])c1[2H]. The predicted molar refractivity (Wildman–Crippen MR) is 58.9 cm³/mol. The summed E-state index contributed by atoms with van der Waals surface area (Å²) in [5.74, 6) is 4.69. The highest BCUT2D eigenvalue weighted by Gasteiger charge is 1.83. The van der Waals surface area contributed by atoms with E-state index in [0.29, 0.717) is 0 Å². The predicted octanol–water partition coefficient (Wildman–Crippen LogP) is 3.09. The van der Waals surface area contributed by atoms with Gasteiger partial charge < -0.3 is 0 Å². The Hall–Kier alpha value is -2.00. The fourth-order valence-corrected chi connectivity index (χ4v) is 0.750. The summed E-state index contributed by atoms with van der Waals surface area (Å²) < 4.78 is 76.3. The monoisotopic (exact) mass is 188 g/mol. The second-order valence-corrected chi connectivity index (χ2v) is 2.25. The third-order valence-electron chi connectivity index (χ3n) is 1.31. The van der Waals surface area contributed by atoms with E-state index in [1.54, 1.807) is 0 Å². The molecule has 14 heavy (non-hydrogen) atoms. The molecular formula is C14H10. The molecule has 0 aliphatic rings. The van der Waals surface area contributed by atoms with Crippen LogP contribution in [0.15, 0.2) is 60.4 Å². The van der Waals surface area contributed by atoms with Crippen LogP contribution in [-0.4, -0.2) is 0 Å². The van der Waals surface area contributed by atoms with E-state index in [9.17, 15) is 0 Å². The fraction of sp³-hybridized carbons (Fsp3) is 0. The van der Waals surface area contributed by atoms with Crippen molar-refractivity contribution in [2.24, 2.45) is 0 Å². The van der Waals surface area contributed by atoms with Crippen LogP contribution in [0.4, 0.5) is 0 Å². The largest absolute Gasteiger partial charge is 0.0636 e. The van der Waals surface area contributed by atoms with Gasteiger partial charge in [0.05, 0.1) is 13.7 Å². The highest BCUT2D eigenvalue weighted by Crippen LogP contribution is 1.98. The van der Waals surface area contributed by atoms with Gasteiger partial charge in [-0.25, -0.2) is 0 Å². The van der Waals surface area contributed by atoms with Crippen LogP contribution in [0.5, 0.6) is 0 Å². The molecule has 0 radical (unpaired) electrons. The minimum Gasteiger partial charge on any atom is -0.0622 e. The standard InChI is InChI=1S/C14H10/c1-3-7-13(8-4-1)11-12-14-9-5-2-6-10-14/h1-10H/i1D,2D,3D,4D,5D,6D,7D,8D,9D,10D. The molecule has 0 N–H and O–H groups in total. The lowest BCUT2D eigenvalue weighted by Crippen LogP contribution is -1.73. The third-order valence-corrected chi connectivity index (χ3v) is 1.31. The topological polar surface area (TPSA) is 0 Å². The van der Waals surface area contributed by atoms with Crippen molar-refractivity contribution in [2.45, 2.75) is 0 Å². The van der Waals surface area contributed by atoms with Gasteiger partial charge in [-0.3, -0.25) is 0 Å². The summed E-state index contributed by atoms with van der Waals surface area (Å²) in [7, 11) is 0. The zero-order chi connectivity index (χ0) is 18.3. The molecule has 66 valence electrons. The van der Waals surface area contributed by atoms with Crippen molar-refractivity contribution in [3.05, 3.63) is 71.6 Å². The van der Waals surface area contributed by atoms with E-state index in [2.05, 4.69) is 11.8 Å². The molecule has 0 saturated heterocycles. The summed E-state index contributed by atoms with van der Waals surface area (Å²) in [5.41, 5.74) is -0.597. The van der Waals surface area contributed by atoms with E-state index in [0.717, 1.165) is 0 Å². The van der Waals surface area contributed by atoms with Crippen molar-refractivity contribution in [2.75, 3.05) is 0 Å². The quantitative estimate of drug-likeness (QED) is 0.557. The van der Waals surface area contributed by atoms with Crippen molar-refractivity contribution >= 4 is 0 Å². The second kappa shape index (κ2) is 4.30. The van der Waals surface area contributed by atoms with E-state index in [1.165, 1.54) is 0 Å². The number of hydrogen-bond donors (Lipinski definition) is 0. The summed E-state index contributed by atoms with van der Waals surface area (Å²) in [6, 6.07) is -5.38. The van der Waals surface area contributed by atoms with Crippen LogP contribution in [0, 0.1) is 11.8 Å². The minimum absolute atomic E-state index is 0.298. The second-order valence-electron chi connectivity index (χ2n) is 2.25. The van der Waals surface area contributed by atoms with Gasteiger partial charge in [0.25, 0.3) is 0 Å². The smallest absolute Gasteiger partial charge is 0.0622 e. The van der Waals surface area contributed by atoms with Crippen molar-refractivity contribution < 1.29 is 13.7 Å². The molecule has 0 nitrogen and oxygen atoms in total.